The number of hydrogen-bond acceptors (Lipinski definition) is 2. The van der Waals surface area contributed by atoms with Gasteiger partial charge in [-0.05, 0) is 29.8 Å². The summed E-state index contributed by atoms with van der Waals surface area (Å²) in [4.78, 5) is 11.7. The van der Waals surface area contributed by atoms with Crippen LogP contribution in [0, 0.1) is 23.0 Å². The first-order valence-corrected chi connectivity index (χ1v) is 5.82. The Morgan fingerprint density at radius 2 is 1.70 bits per heavy atom. The first-order chi connectivity index (χ1) is 9.58. The van der Waals surface area contributed by atoms with E-state index >= 15 is 0 Å². The van der Waals surface area contributed by atoms with Gasteiger partial charge >= 0.3 is 0 Å². The minimum absolute atomic E-state index is 0.0730. The molecular weight excluding hydrogens is 262 g/mol. The first-order valence-electron chi connectivity index (χ1n) is 5.82. The van der Waals surface area contributed by atoms with Gasteiger partial charge in [0.25, 0.3) is 5.91 Å². The summed E-state index contributed by atoms with van der Waals surface area (Å²) in [6, 6.07) is 11.3. The van der Waals surface area contributed by atoms with Gasteiger partial charge < -0.3 is 5.32 Å². The number of rotatable bonds is 3. The Morgan fingerprint density at radius 1 is 1.10 bits per heavy atom. The van der Waals surface area contributed by atoms with Crippen LogP contribution in [0.4, 0.5) is 8.78 Å². The Morgan fingerprint density at radius 3 is 2.25 bits per heavy atom. The van der Waals surface area contributed by atoms with Crippen LogP contribution in [0.3, 0.4) is 0 Å². The van der Waals surface area contributed by atoms with E-state index in [-0.39, 0.29) is 12.1 Å². The largest absolute Gasteiger partial charge is 0.348 e. The molecule has 0 unspecified atom stereocenters. The molecule has 1 N–H and O–H groups in total. The number of halogens is 2. The average molecular weight is 272 g/mol. The second-order valence-corrected chi connectivity index (χ2v) is 4.15. The first kappa shape index (κ1) is 13.7. The highest BCUT2D eigenvalue weighted by Gasteiger charge is 2.08. The summed E-state index contributed by atoms with van der Waals surface area (Å²) in [5, 5.41) is 11.2. The molecule has 0 aliphatic rings. The van der Waals surface area contributed by atoms with Crippen molar-refractivity contribution in [2.45, 2.75) is 6.54 Å². The smallest absolute Gasteiger partial charge is 0.251 e. The van der Waals surface area contributed by atoms with E-state index in [1.54, 1.807) is 24.3 Å². The van der Waals surface area contributed by atoms with E-state index in [1.165, 1.54) is 0 Å². The third kappa shape index (κ3) is 3.39. The molecule has 2 aromatic carbocycles. The maximum absolute atomic E-state index is 13.0. The number of nitriles is 1. The van der Waals surface area contributed by atoms with Gasteiger partial charge in [0.1, 0.15) is 11.6 Å². The van der Waals surface area contributed by atoms with Gasteiger partial charge in [-0.3, -0.25) is 4.79 Å². The van der Waals surface area contributed by atoms with E-state index in [0.717, 1.165) is 17.7 Å². The van der Waals surface area contributed by atoms with Gasteiger partial charge in [-0.1, -0.05) is 12.1 Å². The predicted molar refractivity (Wildman–Crippen MR) is 68.7 cm³/mol. The number of hydrogen-bond donors (Lipinski definition) is 1. The monoisotopic (exact) mass is 272 g/mol. The molecule has 0 atom stereocenters. The lowest BCUT2D eigenvalue weighted by Gasteiger charge is -2.06. The molecule has 5 heteroatoms. The van der Waals surface area contributed by atoms with E-state index in [4.69, 9.17) is 5.26 Å². The normalized spacial score (nSPS) is 9.85. The molecule has 0 saturated heterocycles. The summed E-state index contributed by atoms with van der Waals surface area (Å²) in [5.74, 6) is -2.16. The molecule has 0 spiro atoms. The van der Waals surface area contributed by atoms with Crippen molar-refractivity contribution >= 4 is 5.91 Å². The Hall–Kier alpha value is -2.74. The molecule has 0 radical (unpaired) electrons. The molecule has 20 heavy (non-hydrogen) atoms. The summed E-state index contributed by atoms with van der Waals surface area (Å²) in [7, 11) is 0. The fourth-order valence-electron chi connectivity index (χ4n) is 1.67. The molecule has 100 valence electrons. The van der Waals surface area contributed by atoms with Crippen LogP contribution < -0.4 is 5.32 Å². The fourth-order valence-corrected chi connectivity index (χ4v) is 1.67. The van der Waals surface area contributed by atoms with Gasteiger partial charge in [-0.25, -0.2) is 8.78 Å². The van der Waals surface area contributed by atoms with Gasteiger partial charge in [0, 0.05) is 18.2 Å². The number of carbonyl (C=O) groups excluding carboxylic acids is 1. The average Bonchev–Trinajstić information content (AvgIpc) is 2.44. The third-order valence-electron chi connectivity index (χ3n) is 2.66. The fraction of sp³-hybridized carbons (Fsp3) is 0.0667. The van der Waals surface area contributed by atoms with Crippen LogP contribution in [0.5, 0.6) is 0 Å². The van der Waals surface area contributed by atoms with Crippen LogP contribution in [0.1, 0.15) is 21.5 Å². The van der Waals surface area contributed by atoms with Gasteiger partial charge in [0.05, 0.1) is 11.6 Å². The Balaban J connectivity index is 2.02. The predicted octanol–water partition coefficient (Wildman–Crippen LogP) is 2.77. The quantitative estimate of drug-likeness (QED) is 0.934. The molecule has 1 amide bonds. The summed E-state index contributed by atoms with van der Waals surface area (Å²) in [6.45, 7) is 0.211. The summed E-state index contributed by atoms with van der Waals surface area (Å²) in [5.41, 5.74) is 1.23. The standard InChI is InChI=1S/C15H10F2N2O/c16-13-5-12(6-14(17)7-13)15(20)19-9-11-3-1-10(8-18)2-4-11/h1-7H,9H2,(H,19,20). The molecule has 2 aromatic rings. The highest BCUT2D eigenvalue weighted by atomic mass is 19.1. The zero-order valence-electron chi connectivity index (χ0n) is 10.4. The van der Waals surface area contributed by atoms with Crippen molar-refractivity contribution in [1.82, 2.24) is 5.32 Å². The highest BCUT2D eigenvalue weighted by Crippen LogP contribution is 2.08. The van der Waals surface area contributed by atoms with E-state index < -0.39 is 17.5 Å². The zero-order valence-corrected chi connectivity index (χ0v) is 10.4. The molecule has 0 aliphatic heterocycles. The van der Waals surface area contributed by atoms with Crippen molar-refractivity contribution in [3.63, 3.8) is 0 Å². The van der Waals surface area contributed by atoms with E-state index in [0.29, 0.717) is 11.6 Å². The molecule has 0 bridgehead atoms. The van der Waals surface area contributed by atoms with Gasteiger partial charge in [-0.15, -0.1) is 0 Å². The highest BCUT2D eigenvalue weighted by molar-refractivity contribution is 5.94. The van der Waals surface area contributed by atoms with Crippen LogP contribution in [0.15, 0.2) is 42.5 Å². The number of nitrogens with one attached hydrogen (secondary N) is 1. The number of nitrogens with zero attached hydrogens (tertiary/aromatic N) is 1. The van der Waals surface area contributed by atoms with Crippen LogP contribution >= 0.6 is 0 Å². The molecule has 3 nitrogen and oxygen atoms in total. The molecule has 0 aromatic heterocycles. The topological polar surface area (TPSA) is 52.9 Å². The SMILES string of the molecule is N#Cc1ccc(CNC(=O)c2cc(F)cc(F)c2)cc1. The molecule has 0 heterocycles. The second kappa shape index (κ2) is 5.93. The summed E-state index contributed by atoms with van der Waals surface area (Å²) in [6.07, 6.45) is 0. The van der Waals surface area contributed by atoms with Crippen molar-refractivity contribution in [2.24, 2.45) is 0 Å². The third-order valence-corrected chi connectivity index (χ3v) is 2.66. The van der Waals surface area contributed by atoms with E-state index in [9.17, 15) is 13.6 Å². The van der Waals surface area contributed by atoms with Crippen molar-refractivity contribution in [2.75, 3.05) is 0 Å². The van der Waals surface area contributed by atoms with E-state index in [1.807, 2.05) is 6.07 Å². The Bertz CT molecular complexity index is 655. The van der Waals surface area contributed by atoms with Crippen molar-refractivity contribution in [3.05, 3.63) is 70.8 Å². The molecular formula is C15H10F2N2O. The van der Waals surface area contributed by atoms with Gasteiger partial charge in [-0.2, -0.15) is 5.26 Å². The van der Waals surface area contributed by atoms with Crippen LogP contribution in [0.2, 0.25) is 0 Å². The summed E-state index contributed by atoms with van der Waals surface area (Å²) < 4.78 is 26.0. The number of amides is 1. The number of carbonyl (C=O) groups is 1. The Kier molecular flexibility index (Phi) is 4.06. The van der Waals surface area contributed by atoms with Crippen molar-refractivity contribution in [3.8, 4) is 6.07 Å². The maximum Gasteiger partial charge on any atom is 0.251 e. The molecule has 2 rings (SSSR count). The minimum atomic E-state index is -0.798. The van der Waals surface area contributed by atoms with Crippen LogP contribution in [-0.4, -0.2) is 5.91 Å². The molecule has 0 fully saturated rings. The lowest BCUT2D eigenvalue weighted by atomic mass is 10.1. The van der Waals surface area contributed by atoms with Crippen molar-refractivity contribution in [1.29, 1.82) is 5.26 Å². The van der Waals surface area contributed by atoms with Crippen LogP contribution in [0.25, 0.3) is 0 Å². The van der Waals surface area contributed by atoms with Gasteiger partial charge in [0.2, 0.25) is 0 Å². The lowest BCUT2D eigenvalue weighted by Crippen LogP contribution is -2.23. The number of benzene rings is 2. The van der Waals surface area contributed by atoms with Crippen molar-refractivity contribution < 1.29 is 13.6 Å². The summed E-state index contributed by atoms with van der Waals surface area (Å²) >= 11 is 0. The zero-order chi connectivity index (χ0) is 14.5. The minimum Gasteiger partial charge on any atom is -0.348 e. The second-order valence-electron chi connectivity index (χ2n) is 4.15. The maximum atomic E-state index is 13.0. The van der Waals surface area contributed by atoms with E-state index in [2.05, 4.69) is 5.32 Å². The van der Waals surface area contributed by atoms with Gasteiger partial charge in [0.15, 0.2) is 0 Å². The lowest BCUT2D eigenvalue weighted by molar-refractivity contribution is 0.0950. The molecule has 0 aliphatic carbocycles. The molecule has 0 saturated carbocycles. The Labute approximate surface area is 114 Å². The van der Waals surface area contributed by atoms with Crippen LogP contribution in [-0.2, 0) is 6.54 Å².